The van der Waals surface area contributed by atoms with Gasteiger partial charge in [-0.1, -0.05) is 24.3 Å². The first-order valence-corrected chi connectivity index (χ1v) is 9.30. The Kier molecular flexibility index (Phi) is 5.98. The highest BCUT2D eigenvalue weighted by Gasteiger charge is 2.57. The molecule has 2 aliphatic rings. The van der Waals surface area contributed by atoms with Gasteiger partial charge in [-0.25, -0.2) is 4.98 Å². The molecule has 1 amide bonds. The number of nitrogens with zero attached hydrogens (tertiary/aromatic N) is 1. The van der Waals surface area contributed by atoms with E-state index in [-0.39, 0.29) is 42.1 Å². The smallest absolute Gasteiger partial charge is 0.228 e. The Morgan fingerprint density at radius 3 is 2.64 bits per heavy atom. The van der Waals surface area contributed by atoms with E-state index in [0.717, 1.165) is 60.5 Å². The lowest BCUT2D eigenvalue weighted by Crippen LogP contribution is -2.31. The molecular formula is C21H24Cl2N4O. The lowest BCUT2D eigenvalue weighted by Gasteiger charge is -2.23. The monoisotopic (exact) mass is 418 g/mol. The van der Waals surface area contributed by atoms with E-state index in [9.17, 15) is 4.79 Å². The van der Waals surface area contributed by atoms with Crippen molar-refractivity contribution in [2.45, 2.75) is 19.3 Å². The number of aromatic amines is 1. The van der Waals surface area contributed by atoms with Crippen molar-refractivity contribution in [3.05, 3.63) is 48.5 Å². The molecule has 0 bridgehead atoms. The van der Waals surface area contributed by atoms with Gasteiger partial charge in [-0.3, -0.25) is 4.79 Å². The highest BCUT2D eigenvalue weighted by molar-refractivity contribution is 5.95. The molecule has 1 atom stereocenters. The normalized spacial score (nSPS) is 19.5. The van der Waals surface area contributed by atoms with Crippen molar-refractivity contribution in [1.82, 2.24) is 15.3 Å². The number of hydrogen-bond donors (Lipinski definition) is 3. The summed E-state index contributed by atoms with van der Waals surface area (Å²) in [5, 5.41) is 6.50. The summed E-state index contributed by atoms with van der Waals surface area (Å²) < 4.78 is 0. The number of carbonyl (C=O) groups is 1. The van der Waals surface area contributed by atoms with Gasteiger partial charge in [0.25, 0.3) is 0 Å². The number of H-pyrrole nitrogens is 1. The minimum atomic E-state index is 0. The van der Waals surface area contributed by atoms with Crippen LogP contribution >= 0.6 is 24.8 Å². The molecule has 1 unspecified atom stereocenters. The molecule has 1 aromatic heterocycles. The van der Waals surface area contributed by atoms with Gasteiger partial charge in [0.2, 0.25) is 5.91 Å². The molecule has 1 spiro atoms. The zero-order valence-corrected chi connectivity index (χ0v) is 17.0. The second-order valence-corrected chi connectivity index (χ2v) is 7.54. The molecule has 28 heavy (non-hydrogen) atoms. The number of hydrogen-bond acceptors (Lipinski definition) is 3. The zero-order valence-electron chi connectivity index (χ0n) is 15.4. The standard InChI is InChI=1S/C21H22N4O.2ClH/c26-20(16-13-21(16)8-10-22-11-9-21)23-15-5-3-4-14(12-15)19-24-17-6-1-2-7-18(17)25-19;;/h1-7,12,16,22H,8-11,13H2,(H,23,26)(H,24,25);2*1H. The van der Waals surface area contributed by atoms with Gasteiger partial charge in [-0.05, 0) is 62.0 Å². The predicted octanol–water partition coefficient (Wildman–Crippen LogP) is 4.40. The number of carbonyl (C=O) groups excluding carboxylic acids is 1. The minimum absolute atomic E-state index is 0. The first kappa shape index (κ1) is 20.6. The second kappa shape index (κ2) is 8.11. The van der Waals surface area contributed by atoms with Gasteiger partial charge in [0, 0.05) is 17.2 Å². The molecule has 1 saturated heterocycles. The summed E-state index contributed by atoms with van der Waals surface area (Å²) >= 11 is 0. The van der Waals surface area contributed by atoms with Crippen molar-refractivity contribution < 1.29 is 4.79 Å². The molecule has 1 aliphatic heterocycles. The zero-order chi connectivity index (χ0) is 17.6. The average molecular weight is 419 g/mol. The summed E-state index contributed by atoms with van der Waals surface area (Å²) in [5.41, 5.74) is 4.03. The van der Waals surface area contributed by atoms with Gasteiger partial charge in [-0.15, -0.1) is 24.8 Å². The molecule has 5 rings (SSSR count). The van der Waals surface area contributed by atoms with Crippen LogP contribution in [0, 0.1) is 11.3 Å². The topological polar surface area (TPSA) is 69.8 Å². The Morgan fingerprint density at radius 2 is 1.86 bits per heavy atom. The number of fused-ring (bicyclic) bond motifs is 1. The van der Waals surface area contributed by atoms with Gasteiger partial charge in [0.05, 0.1) is 11.0 Å². The van der Waals surface area contributed by atoms with Gasteiger partial charge in [0.15, 0.2) is 0 Å². The Morgan fingerprint density at radius 1 is 1.07 bits per heavy atom. The summed E-state index contributed by atoms with van der Waals surface area (Å²) in [4.78, 5) is 20.7. The predicted molar refractivity (Wildman–Crippen MR) is 117 cm³/mol. The highest BCUT2D eigenvalue weighted by Crippen LogP contribution is 2.58. The van der Waals surface area contributed by atoms with Crippen molar-refractivity contribution in [3.63, 3.8) is 0 Å². The number of para-hydroxylation sites is 2. The Bertz CT molecular complexity index is 948. The van der Waals surface area contributed by atoms with Crippen LogP contribution < -0.4 is 10.6 Å². The van der Waals surface area contributed by atoms with Crippen molar-refractivity contribution >= 4 is 47.4 Å². The van der Waals surface area contributed by atoms with Crippen molar-refractivity contribution in [3.8, 4) is 11.4 Å². The number of nitrogens with one attached hydrogen (secondary N) is 3. The van der Waals surface area contributed by atoms with Crippen LogP contribution in [0.5, 0.6) is 0 Å². The molecule has 2 heterocycles. The van der Waals surface area contributed by atoms with E-state index in [1.807, 2.05) is 48.5 Å². The average Bonchev–Trinajstić information content (AvgIpc) is 3.18. The molecule has 7 heteroatoms. The maximum absolute atomic E-state index is 12.7. The van der Waals surface area contributed by atoms with Crippen LogP contribution in [-0.4, -0.2) is 29.0 Å². The lowest BCUT2D eigenvalue weighted by molar-refractivity contribution is -0.118. The van der Waals surface area contributed by atoms with E-state index in [1.165, 1.54) is 0 Å². The summed E-state index contributed by atoms with van der Waals surface area (Å²) in [6.45, 7) is 2.07. The third-order valence-electron chi connectivity index (χ3n) is 5.90. The molecule has 3 N–H and O–H groups in total. The first-order valence-electron chi connectivity index (χ1n) is 9.30. The van der Waals surface area contributed by atoms with Crippen molar-refractivity contribution in [1.29, 1.82) is 0 Å². The third-order valence-corrected chi connectivity index (χ3v) is 5.90. The maximum Gasteiger partial charge on any atom is 0.228 e. The molecular weight excluding hydrogens is 395 g/mol. The van der Waals surface area contributed by atoms with E-state index in [0.29, 0.717) is 0 Å². The van der Waals surface area contributed by atoms with E-state index in [1.54, 1.807) is 0 Å². The number of anilines is 1. The molecule has 2 fully saturated rings. The summed E-state index contributed by atoms with van der Waals surface area (Å²) in [6.07, 6.45) is 3.26. The molecule has 3 aromatic rings. The number of rotatable bonds is 3. The first-order chi connectivity index (χ1) is 12.7. The van der Waals surface area contributed by atoms with Crippen molar-refractivity contribution in [2.75, 3.05) is 18.4 Å². The molecule has 2 aromatic carbocycles. The molecule has 5 nitrogen and oxygen atoms in total. The van der Waals surface area contributed by atoms with Crippen LogP contribution in [0.15, 0.2) is 48.5 Å². The fourth-order valence-electron chi connectivity index (χ4n) is 4.26. The molecule has 1 saturated carbocycles. The number of imidazole rings is 1. The van der Waals surface area contributed by atoms with Gasteiger partial charge in [0.1, 0.15) is 5.82 Å². The molecule has 148 valence electrons. The molecule has 0 radical (unpaired) electrons. The van der Waals surface area contributed by atoms with Crippen LogP contribution in [0.1, 0.15) is 19.3 Å². The van der Waals surface area contributed by atoms with Crippen LogP contribution in [0.25, 0.3) is 22.4 Å². The van der Waals surface area contributed by atoms with Gasteiger partial charge >= 0.3 is 0 Å². The Hall–Kier alpha value is -2.08. The van der Waals surface area contributed by atoms with Crippen LogP contribution in [-0.2, 0) is 4.79 Å². The molecule has 1 aliphatic carbocycles. The fourth-order valence-corrected chi connectivity index (χ4v) is 4.26. The Labute approximate surface area is 176 Å². The number of piperidine rings is 1. The quantitative estimate of drug-likeness (QED) is 0.589. The summed E-state index contributed by atoms with van der Waals surface area (Å²) in [6, 6.07) is 15.9. The van der Waals surface area contributed by atoms with E-state index < -0.39 is 0 Å². The summed E-state index contributed by atoms with van der Waals surface area (Å²) in [5.74, 6) is 1.15. The number of halogens is 2. The maximum atomic E-state index is 12.7. The van der Waals surface area contributed by atoms with Crippen LogP contribution in [0.3, 0.4) is 0 Å². The van der Waals surface area contributed by atoms with E-state index in [2.05, 4.69) is 20.6 Å². The number of benzene rings is 2. The van der Waals surface area contributed by atoms with Crippen LogP contribution in [0.2, 0.25) is 0 Å². The largest absolute Gasteiger partial charge is 0.338 e. The number of amides is 1. The fraction of sp³-hybridized carbons (Fsp3) is 0.333. The lowest BCUT2D eigenvalue weighted by atomic mass is 9.92. The highest BCUT2D eigenvalue weighted by atomic mass is 35.5. The third kappa shape index (κ3) is 3.75. The van der Waals surface area contributed by atoms with Crippen molar-refractivity contribution in [2.24, 2.45) is 11.3 Å². The van der Waals surface area contributed by atoms with Gasteiger partial charge < -0.3 is 15.6 Å². The summed E-state index contributed by atoms with van der Waals surface area (Å²) in [7, 11) is 0. The van der Waals surface area contributed by atoms with E-state index >= 15 is 0 Å². The minimum Gasteiger partial charge on any atom is -0.338 e. The Balaban J connectivity index is 0.00000112. The SMILES string of the molecule is Cl.Cl.O=C(Nc1cccc(-c2nc3ccccc3[nH]2)c1)C1CC12CCNCC2. The van der Waals surface area contributed by atoms with Crippen LogP contribution in [0.4, 0.5) is 5.69 Å². The second-order valence-electron chi connectivity index (χ2n) is 7.54. The number of aromatic nitrogens is 2. The van der Waals surface area contributed by atoms with Gasteiger partial charge in [-0.2, -0.15) is 0 Å². The van der Waals surface area contributed by atoms with E-state index in [4.69, 9.17) is 0 Å².